The van der Waals surface area contributed by atoms with Crippen molar-refractivity contribution >= 4 is 23.2 Å². The fourth-order valence-corrected chi connectivity index (χ4v) is 3.02. The number of nitrogens with zero attached hydrogens (tertiary/aromatic N) is 1. The zero-order valence-corrected chi connectivity index (χ0v) is 14.5. The number of morpholine rings is 1. The summed E-state index contributed by atoms with van der Waals surface area (Å²) in [6.07, 6.45) is 0. The number of rotatable bonds is 4. The van der Waals surface area contributed by atoms with Gasteiger partial charge in [0.1, 0.15) is 0 Å². The molecule has 1 aliphatic heterocycles. The molecule has 0 bridgehead atoms. The van der Waals surface area contributed by atoms with Crippen molar-refractivity contribution in [2.24, 2.45) is 0 Å². The number of hydrogen-bond donors (Lipinski definition) is 1. The lowest BCUT2D eigenvalue weighted by atomic mass is 10.1. The van der Waals surface area contributed by atoms with E-state index in [1.807, 2.05) is 37.3 Å². The summed E-state index contributed by atoms with van der Waals surface area (Å²) in [5.74, 6) is -0.107. The first-order valence-corrected chi connectivity index (χ1v) is 8.46. The lowest BCUT2D eigenvalue weighted by Crippen LogP contribution is -2.35. The van der Waals surface area contributed by atoms with Gasteiger partial charge in [0.15, 0.2) is 0 Å². The monoisotopic (exact) mass is 344 g/mol. The molecule has 5 heteroatoms. The number of aryl methyl sites for hydroxylation is 1. The molecule has 0 unspecified atom stereocenters. The summed E-state index contributed by atoms with van der Waals surface area (Å²) in [5.41, 5.74) is 3.52. The molecule has 1 fully saturated rings. The maximum absolute atomic E-state index is 12.5. The molecule has 1 N–H and O–H groups in total. The first kappa shape index (κ1) is 17.0. The van der Waals surface area contributed by atoms with E-state index in [9.17, 15) is 4.79 Å². The van der Waals surface area contributed by atoms with Crippen LogP contribution in [0, 0.1) is 6.92 Å². The Labute approximate surface area is 147 Å². The summed E-state index contributed by atoms with van der Waals surface area (Å²) in [5, 5.41) is 3.62. The fourth-order valence-electron chi connectivity index (χ4n) is 2.79. The minimum atomic E-state index is -0.107. The van der Waals surface area contributed by atoms with Gasteiger partial charge in [-0.15, -0.1) is 0 Å². The molecule has 1 saturated heterocycles. The maximum Gasteiger partial charge on any atom is 0.255 e. The number of benzene rings is 2. The number of carbonyl (C=O) groups is 1. The van der Waals surface area contributed by atoms with E-state index >= 15 is 0 Å². The van der Waals surface area contributed by atoms with E-state index in [1.54, 1.807) is 6.07 Å². The summed E-state index contributed by atoms with van der Waals surface area (Å²) in [4.78, 5) is 14.9. The normalized spacial score (nSPS) is 15.2. The van der Waals surface area contributed by atoms with E-state index in [0.717, 1.165) is 49.7 Å². The van der Waals surface area contributed by atoms with E-state index in [-0.39, 0.29) is 5.91 Å². The highest BCUT2D eigenvalue weighted by atomic mass is 35.5. The zero-order valence-electron chi connectivity index (χ0n) is 13.7. The molecule has 2 aromatic carbocycles. The van der Waals surface area contributed by atoms with Crippen LogP contribution in [0.5, 0.6) is 0 Å². The van der Waals surface area contributed by atoms with Crippen LogP contribution in [-0.4, -0.2) is 37.1 Å². The van der Waals surface area contributed by atoms with Crippen LogP contribution in [0.1, 0.15) is 21.5 Å². The van der Waals surface area contributed by atoms with Crippen LogP contribution in [0.15, 0.2) is 42.5 Å². The molecule has 0 spiro atoms. The molecule has 2 aromatic rings. The van der Waals surface area contributed by atoms with Gasteiger partial charge in [-0.3, -0.25) is 9.69 Å². The number of halogens is 1. The minimum absolute atomic E-state index is 0.107. The van der Waals surface area contributed by atoms with Crippen molar-refractivity contribution in [3.8, 4) is 0 Å². The molecule has 1 amide bonds. The van der Waals surface area contributed by atoms with Crippen LogP contribution in [0.25, 0.3) is 0 Å². The summed E-state index contributed by atoms with van der Waals surface area (Å²) < 4.78 is 5.37. The maximum atomic E-state index is 12.5. The quantitative estimate of drug-likeness (QED) is 0.918. The molecule has 0 atom stereocenters. The number of anilines is 1. The largest absolute Gasteiger partial charge is 0.379 e. The Morgan fingerprint density at radius 3 is 2.75 bits per heavy atom. The van der Waals surface area contributed by atoms with Crippen LogP contribution in [0.3, 0.4) is 0 Å². The predicted octanol–water partition coefficient (Wildman–Crippen LogP) is 3.73. The Morgan fingerprint density at radius 1 is 1.21 bits per heavy atom. The molecule has 1 aliphatic rings. The van der Waals surface area contributed by atoms with E-state index in [2.05, 4.69) is 16.3 Å². The first-order valence-electron chi connectivity index (χ1n) is 8.08. The van der Waals surface area contributed by atoms with Gasteiger partial charge < -0.3 is 10.1 Å². The lowest BCUT2D eigenvalue weighted by Gasteiger charge is -2.26. The third-order valence-electron chi connectivity index (χ3n) is 4.14. The van der Waals surface area contributed by atoms with Crippen molar-refractivity contribution in [3.63, 3.8) is 0 Å². The average molecular weight is 345 g/mol. The van der Waals surface area contributed by atoms with Crippen molar-refractivity contribution < 1.29 is 9.53 Å². The third-order valence-corrected chi connectivity index (χ3v) is 4.37. The number of amides is 1. The van der Waals surface area contributed by atoms with Crippen LogP contribution in [0.2, 0.25) is 5.02 Å². The van der Waals surface area contributed by atoms with Gasteiger partial charge in [-0.05, 0) is 48.4 Å². The van der Waals surface area contributed by atoms with Crippen LogP contribution in [-0.2, 0) is 11.3 Å². The highest BCUT2D eigenvalue weighted by molar-refractivity contribution is 6.30. The number of nitrogens with one attached hydrogen (secondary N) is 1. The second-order valence-corrected chi connectivity index (χ2v) is 6.44. The highest BCUT2D eigenvalue weighted by Crippen LogP contribution is 2.20. The van der Waals surface area contributed by atoms with Crippen LogP contribution < -0.4 is 5.32 Å². The van der Waals surface area contributed by atoms with Gasteiger partial charge in [0, 0.05) is 35.9 Å². The molecular weight excluding hydrogens is 324 g/mol. The van der Waals surface area contributed by atoms with Gasteiger partial charge in [-0.2, -0.15) is 0 Å². The van der Waals surface area contributed by atoms with Gasteiger partial charge in [0.2, 0.25) is 0 Å². The molecular formula is C19H21ClN2O2. The second kappa shape index (κ2) is 7.79. The van der Waals surface area contributed by atoms with Crippen molar-refractivity contribution in [2.75, 3.05) is 31.6 Å². The van der Waals surface area contributed by atoms with E-state index in [0.29, 0.717) is 10.6 Å². The zero-order chi connectivity index (χ0) is 16.9. The SMILES string of the molecule is Cc1cc(Cl)ccc1NC(=O)c1cccc(CN2CCOCC2)c1. The summed E-state index contributed by atoms with van der Waals surface area (Å²) in [7, 11) is 0. The smallest absolute Gasteiger partial charge is 0.255 e. The highest BCUT2D eigenvalue weighted by Gasteiger charge is 2.13. The fraction of sp³-hybridized carbons (Fsp3) is 0.316. The molecule has 126 valence electrons. The van der Waals surface area contributed by atoms with Gasteiger partial charge >= 0.3 is 0 Å². The Balaban J connectivity index is 1.69. The number of ether oxygens (including phenoxy) is 1. The minimum Gasteiger partial charge on any atom is -0.379 e. The Morgan fingerprint density at radius 2 is 2.00 bits per heavy atom. The molecule has 24 heavy (non-hydrogen) atoms. The van der Waals surface area contributed by atoms with E-state index in [1.165, 1.54) is 0 Å². The van der Waals surface area contributed by atoms with Crippen molar-refractivity contribution in [3.05, 3.63) is 64.2 Å². The standard InChI is InChI=1S/C19H21ClN2O2/c1-14-11-17(20)5-6-18(14)21-19(23)16-4-2-3-15(12-16)13-22-7-9-24-10-8-22/h2-6,11-12H,7-10,13H2,1H3,(H,21,23). The molecule has 0 aromatic heterocycles. The molecule has 0 saturated carbocycles. The van der Waals surface area contributed by atoms with E-state index in [4.69, 9.17) is 16.3 Å². The first-order chi connectivity index (χ1) is 11.6. The van der Waals surface area contributed by atoms with Crippen LogP contribution >= 0.6 is 11.6 Å². The molecule has 0 aliphatic carbocycles. The second-order valence-electron chi connectivity index (χ2n) is 6.00. The molecule has 3 rings (SSSR count). The number of carbonyl (C=O) groups excluding carboxylic acids is 1. The molecule has 1 heterocycles. The number of hydrogen-bond acceptors (Lipinski definition) is 3. The van der Waals surface area contributed by atoms with Crippen LogP contribution in [0.4, 0.5) is 5.69 Å². The summed E-state index contributed by atoms with van der Waals surface area (Å²) >= 11 is 5.96. The molecule has 0 radical (unpaired) electrons. The van der Waals surface area contributed by atoms with Gasteiger partial charge in [0.05, 0.1) is 13.2 Å². The third kappa shape index (κ3) is 4.35. The topological polar surface area (TPSA) is 41.6 Å². The summed E-state index contributed by atoms with van der Waals surface area (Å²) in [6.45, 7) is 6.17. The average Bonchev–Trinajstić information content (AvgIpc) is 2.58. The van der Waals surface area contributed by atoms with Crippen molar-refractivity contribution in [1.82, 2.24) is 4.90 Å². The lowest BCUT2D eigenvalue weighted by molar-refractivity contribution is 0.0342. The Hall–Kier alpha value is -1.88. The molecule has 4 nitrogen and oxygen atoms in total. The van der Waals surface area contributed by atoms with Gasteiger partial charge in [-0.25, -0.2) is 0 Å². The van der Waals surface area contributed by atoms with Crippen molar-refractivity contribution in [1.29, 1.82) is 0 Å². The predicted molar refractivity (Wildman–Crippen MR) is 96.7 cm³/mol. The Kier molecular flexibility index (Phi) is 5.51. The van der Waals surface area contributed by atoms with Crippen molar-refractivity contribution in [2.45, 2.75) is 13.5 Å². The van der Waals surface area contributed by atoms with Gasteiger partial charge in [-0.1, -0.05) is 23.7 Å². The van der Waals surface area contributed by atoms with Gasteiger partial charge in [0.25, 0.3) is 5.91 Å². The summed E-state index contributed by atoms with van der Waals surface area (Å²) in [6, 6.07) is 13.2. The Bertz CT molecular complexity index is 727. The van der Waals surface area contributed by atoms with E-state index < -0.39 is 0 Å².